The zero-order valence-corrected chi connectivity index (χ0v) is 10.7. The van der Waals surface area contributed by atoms with E-state index < -0.39 is 5.97 Å². The molecule has 0 unspecified atom stereocenters. The van der Waals surface area contributed by atoms with Crippen LogP contribution in [0.4, 0.5) is 11.9 Å². The molecule has 0 atom stereocenters. The number of rotatable bonds is 4. The van der Waals surface area contributed by atoms with Crippen molar-refractivity contribution >= 4 is 17.9 Å². The summed E-state index contributed by atoms with van der Waals surface area (Å²) in [5.41, 5.74) is 11.1. The number of anilines is 2. The number of benzene rings is 1. The van der Waals surface area contributed by atoms with Gasteiger partial charge in [0.15, 0.2) is 12.4 Å². The Morgan fingerprint density at radius 2 is 1.80 bits per heavy atom. The Labute approximate surface area is 114 Å². The number of ether oxygens (including phenoxy) is 2. The molecule has 0 spiro atoms. The Hall–Kier alpha value is -2.90. The zero-order valence-electron chi connectivity index (χ0n) is 10.7. The van der Waals surface area contributed by atoms with E-state index in [9.17, 15) is 4.79 Å². The Kier molecular flexibility index (Phi) is 3.94. The van der Waals surface area contributed by atoms with E-state index in [0.717, 1.165) is 0 Å². The molecule has 8 heteroatoms. The van der Waals surface area contributed by atoms with E-state index in [1.54, 1.807) is 24.3 Å². The van der Waals surface area contributed by atoms with E-state index in [1.807, 2.05) is 0 Å². The quantitative estimate of drug-likeness (QED) is 0.768. The van der Waals surface area contributed by atoms with Gasteiger partial charge in [0.25, 0.3) is 0 Å². The van der Waals surface area contributed by atoms with Crippen molar-refractivity contribution in [3.8, 4) is 5.75 Å². The summed E-state index contributed by atoms with van der Waals surface area (Å²) >= 11 is 0. The smallest absolute Gasteiger partial charge is 0.342 e. The van der Waals surface area contributed by atoms with Crippen molar-refractivity contribution in [2.45, 2.75) is 6.61 Å². The first-order valence-electron chi connectivity index (χ1n) is 5.66. The molecule has 1 aromatic heterocycles. The van der Waals surface area contributed by atoms with E-state index in [-0.39, 0.29) is 24.3 Å². The van der Waals surface area contributed by atoms with Gasteiger partial charge in [-0.15, -0.1) is 0 Å². The molecule has 1 heterocycles. The zero-order chi connectivity index (χ0) is 14.5. The normalized spacial score (nSPS) is 10.1. The average Bonchev–Trinajstić information content (AvgIpc) is 2.43. The molecular weight excluding hydrogens is 262 g/mol. The molecule has 0 fully saturated rings. The molecule has 2 aromatic rings. The second-order valence-corrected chi connectivity index (χ2v) is 3.74. The molecule has 2 rings (SSSR count). The first-order chi connectivity index (χ1) is 9.60. The SMILES string of the molecule is COc1ccccc1C(=O)OCc1nc(N)nc(N)n1. The van der Waals surface area contributed by atoms with Crippen LogP contribution in [0.5, 0.6) is 5.75 Å². The number of hydrogen-bond donors (Lipinski definition) is 2. The molecule has 8 nitrogen and oxygen atoms in total. The van der Waals surface area contributed by atoms with Gasteiger partial charge in [-0.05, 0) is 12.1 Å². The van der Waals surface area contributed by atoms with Crippen LogP contribution in [0.25, 0.3) is 0 Å². The van der Waals surface area contributed by atoms with Crippen molar-refractivity contribution in [2.24, 2.45) is 0 Å². The van der Waals surface area contributed by atoms with Crippen LogP contribution in [0, 0.1) is 0 Å². The second-order valence-electron chi connectivity index (χ2n) is 3.74. The van der Waals surface area contributed by atoms with Gasteiger partial charge in [-0.3, -0.25) is 0 Å². The van der Waals surface area contributed by atoms with Gasteiger partial charge in [-0.25, -0.2) is 4.79 Å². The summed E-state index contributed by atoms with van der Waals surface area (Å²) in [4.78, 5) is 23.2. The highest BCUT2D eigenvalue weighted by Gasteiger charge is 2.14. The summed E-state index contributed by atoms with van der Waals surface area (Å²) in [5.74, 6) is -0.00731. The van der Waals surface area contributed by atoms with E-state index in [4.69, 9.17) is 20.9 Å². The molecule has 104 valence electrons. The molecule has 0 radical (unpaired) electrons. The van der Waals surface area contributed by atoms with Crippen LogP contribution < -0.4 is 16.2 Å². The fourth-order valence-corrected chi connectivity index (χ4v) is 1.54. The lowest BCUT2D eigenvalue weighted by atomic mass is 10.2. The predicted molar refractivity (Wildman–Crippen MR) is 70.8 cm³/mol. The van der Waals surface area contributed by atoms with Gasteiger partial charge >= 0.3 is 5.97 Å². The molecule has 1 aromatic carbocycles. The fraction of sp³-hybridized carbons (Fsp3) is 0.167. The summed E-state index contributed by atoms with van der Waals surface area (Å²) < 4.78 is 10.2. The van der Waals surface area contributed by atoms with Gasteiger partial charge in [0.1, 0.15) is 11.3 Å². The first-order valence-corrected chi connectivity index (χ1v) is 5.66. The minimum Gasteiger partial charge on any atom is -0.496 e. The molecule has 0 aliphatic carbocycles. The van der Waals surface area contributed by atoms with E-state index in [1.165, 1.54) is 7.11 Å². The van der Waals surface area contributed by atoms with Crippen LogP contribution in [0.3, 0.4) is 0 Å². The van der Waals surface area contributed by atoms with Crippen LogP contribution in [-0.2, 0) is 11.3 Å². The number of carbonyl (C=O) groups is 1. The highest BCUT2D eigenvalue weighted by Crippen LogP contribution is 2.18. The Morgan fingerprint density at radius 3 is 2.45 bits per heavy atom. The monoisotopic (exact) mass is 275 g/mol. The number of nitrogen functional groups attached to an aromatic ring is 2. The van der Waals surface area contributed by atoms with Crippen molar-refractivity contribution in [3.05, 3.63) is 35.7 Å². The highest BCUT2D eigenvalue weighted by atomic mass is 16.5. The van der Waals surface area contributed by atoms with Crippen LogP contribution >= 0.6 is 0 Å². The van der Waals surface area contributed by atoms with Crippen molar-refractivity contribution in [3.63, 3.8) is 0 Å². The van der Waals surface area contributed by atoms with Crippen molar-refractivity contribution in [1.29, 1.82) is 0 Å². The number of esters is 1. The summed E-state index contributed by atoms with van der Waals surface area (Å²) in [6.07, 6.45) is 0. The third-order valence-corrected chi connectivity index (χ3v) is 2.38. The topological polar surface area (TPSA) is 126 Å². The third kappa shape index (κ3) is 3.10. The lowest BCUT2D eigenvalue weighted by Crippen LogP contribution is -2.11. The van der Waals surface area contributed by atoms with Gasteiger partial charge in [0, 0.05) is 0 Å². The van der Waals surface area contributed by atoms with Crippen molar-refractivity contribution in [1.82, 2.24) is 15.0 Å². The number of nitrogens with two attached hydrogens (primary N) is 2. The molecule has 0 aliphatic rings. The number of aromatic nitrogens is 3. The first kappa shape index (κ1) is 13.5. The van der Waals surface area contributed by atoms with Crippen LogP contribution in [0.15, 0.2) is 24.3 Å². The van der Waals surface area contributed by atoms with Crippen molar-refractivity contribution in [2.75, 3.05) is 18.6 Å². The van der Waals surface area contributed by atoms with Gasteiger partial charge in [0.05, 0.1) is 7.11 Å². The molecule has 0 amide bonds. The number of para-hydroxylation sites is 1. The molecule has 0 saturated carbocycles. The van der Waals surface area contributed by atoms with Crippen LogP contribution in [0.1, 0.15) is 16.2 Å². The number of hydrogen-bond acceptors (Lipinski definition) is 8. The third-order valence-electron chi connectivity index (χ3n) is 2.38. The van der Waals surface area contributed by atoms with Crippen LogP contribution in [0.2, 0.25) is 0 Å². The van der Waals surface area contributed by atoms with E-state index >= 15 is 0 Å². The molecule has 20 heavy (non-hydrogen) atoms. The molecule has 0 bridgehead atoms. The molecular formula is C12H13N5O3. The number of carbonyl (C=O) groups excluding carboxylic acids is 1. The van der Waals surface area contributed by atoms with Gasteiger partial charge in [0.2, 0.25) is 11.9 Å². The maximum atomic E-state index is 11.9. The maximum absolute atomic E-state index is 11.9. The van der Waals surface area contributed by atoms with Gasteiger partial charge < -0.3 is 20.9 Å². The lowest BCUT2D eigenvalue weighted by molar-refractivity contribution is 0.0458. The summed E-state index contributed by atoms with van der Waals surface area (Å²) in [7, 11) is 1.47. The summed E-state index contributed by atoms with van der Waals surface area (Å²) in [6, 6.07) is 6.72. The highest BCUT2D eigenvalue weighted by molar-refractivity contribution is 5.92. The Morgan fingerprint density at radius 1 is 1.15 bits per heavy atom. The standard InChI is InChI=1S/C12H13N5O3/c1-19-8-5-3-2-4-7(8)10(18)20-6-9-15-11(13)17-12(14)16-9/h2-5H,6H2,1H3,(H4,13,14,15,16,17). The van der Waals surface area contributed by atoms with Gasteiger partial charge in [-0.1, -0.05) is 12.1 Å². The summed E-state index contributed by atoms with van der Waals surface area (Å²) in [5, 5.41) is 0. The second kappa shape index (κ2) is 5.83. The maximum Gasteiger partial charge on any atom is 0.342 e. The predicted octanol–water partition coefficient (Wildman–Crippen LogP) is 0.402. The van der Waals surface area contributed by atoms with Crippen molar-refractivity contribution < 1.29 is 14.3 Å². The number of methoxy groups -OCH3 is 1. The lowest BCUT2D eigenvalue weighted by Gasteiger charge is -2.08. The Bertz CT molecular complexity index is 612. The Balaban J connectivity index is 2.08. The van der Waals surface area contributed by atoms with E-state index in [2.05, 4.69) is 15.0 Å². The van der Waals surface area contributed by atoms with E-state index in [0.29, 0.717) is 11.3 Å². The minimum atomic E-state index is -0.556. The average molecular weight is 275 g/mol. The van der Waals surface area contributed by atoms with Crippen LogP contribution in [-0.4, -0.2) is 28.0 Å². The molecule has 0 saturated heterocycles. The van der Waals surface area contributed by atoms with Gasteiger partial charge in [-0.2, -0.15) is 15.0 Å². The fourth-order valence-electron chi connectivity index (χ4n) is 1.54. The molecule has 4 N–H and O–H groups in total. The summed E-state index contributed by atoms with van der Waals surface area (Å²) in [6.45, 7) is -0.159. The number of nitrogens with zero attached hydrogens (tertiary/aromatic N) is 3. The minimum absolute atomic E-state index is 0.0270. The largest absolute Gasteiger partial charge is 0.496 e. The molecule has 0 aliphatic heterocycles.